The van der Waals surface area contributed by atoms with Crippen LogP contribution in [0.2, 0.25) is 0 Å². The molecule has 0 radical (unpaired) electrons. The van der Waals surface area contributed by atoms with E-state index < -0.39 is 6.10 Å². The number of rotatable bonds is 4. The molecule has 1 aliphatic carbocycles. The summed E-state index contributed by atoms with van der Waals surface area (Å²) in [5.74, 6) is 0.433. The third-order valence-corrected chi connectivity index (χ3v) is 3.83. The van der Waals surface area contributed by atoms with Crippen LogP contribution in [-0.2, 0) is 9.59 Å². The van der Waals surface area contributed by atoms with Crippen molar-refractivity contribution >= 4 is 17.5 Å². The Labute approximate surface area is 124 Å². The summed E-state index contributed by atoms with van der Waals surface area (Å²) in [5, 5.41) is 2.93. The van der Waals surface area contributed by atoms with Gasteiger partial charge in [-0.1, -0.05) is 13.0 Å². The van der Waals surface area contributed by atoms with E-state index in [2.05, 4.69) is 5.32 Å². The third-order valence-electron chi connectivity index (χ3n) is 3.83. The summed E-state index contributed by atoms with van der Waals surface area (Å²) in [4.78, 5) is 26.1. The minimum Gasteiger partial charge on any atom is -0.478 e. The van der Waals surface area contributed by atoms with Crippen LogP contribution in [-0.4, -0.2) is 30.5 Å². The molecule has 1 heterocycles. The van der Waals surface area contributed by atoms with Crippen LogP contribution in [0.1, 0.15) is 31.7 Å². The fraction of sp³-hybridized carbons (Fsp3) is 0.500. The fourth-order valence-electron chi connectivity index (χ4n) is 2.50. The summed E-state index contributed by atoms with van der Waals surface area (Å²) in [6.07, 6.45) is 2.16. The van der Waals surface area contributed by atoms with Gasteiger partial charge in [0.05, 0.1) is 5.69 Å². The number of benzene rings is 1. The van der Waals surface area contributed by atoms with E-state index in [1.165, 1.54) is 0 Å². The summed E-state index contributed by atoms with van der Waals surface area (Å²) >= 11 is 0. The third kappa shape index (κ3) is 2.86. The van der Waals surface area contributed by atoms with Gasteiger partial charge in [0.15, 0.2) is 6.10 Å². The van der Waals surface area contributed by atoms with Crippen LogP contribution in [0.3, 0.4) is 0 Å². The molecule has 0 saturated heterocycles. The van der Waals surface area contributed by atoms with Crippen molar-refractivity contribution in [3.63, 3.8) is 0 Å². The number of ether oxygens (including phenoxy) is 1. The Kier molecular flexibility index (Phi) is 3.57. The zero-order valence-electron chi connectivity index (χ0n) is 12.4. The van der Waals surface area contributed by atoms with Gasteiger partial charge in [-0.25, -0.2) is 0 Å². The molecule has 1 saturated carbocycles. The Bertz CT molecular complexity index is 581. The number of nitrogens with zero attached hydrogens (tertiary/aromatic N) is 1. The summed E-state index contributed by atoms with van der Waals surface area (Å²) in [5.41, 5.74) is 1.73. The molecule has 0 spiro atoms. The first-order valence-electron chi connectivity index (χ1n) is 7.46. The molecule has 1 aromatic carbocycles. The van der Waals surface area contributed by atoms with Crippen LogP contribution in [0.25, 0.3) is 0 Å². The van der Waals surface area contributed by atoms with Gasteiger partial charge in [0.25, 0.3) is 5.91 Å². The zero-order valence-corrected chi connectivity index (χ0v) is 12.4. The second kappa shape index (κ2) is 5.39. The van der Waals surface area contributed by atoms with E-state index in [1.807, 2.05) is 32.0 Å². The van der Waals surface area contributed by atoms with Gasteiger partial charge in [-0.15, -0.1) is 0 Å². The van der Waals surface area contributed by atoms with E-state index in [0.29, 0.717) is 23.9 Å². The molecule has 0 unspecified atom stereocenters. The second-order valence-corrected chi connectivity index (χ2v) is 5.75. The molecule has 2 amide bonds. The predicted molar refractivity (Wildman–Crippen MR) is 79.4 cm³/mol. The summed E-state index contributed by atoms with van der Waals surface area (Å²) in [6.45, 7) is 3.93. The largest absolute Gasteiger partial charge is 0.478 e. The number of carbonyl (C=O) groups excluding carboxylic acids is 2. The molecular weight excluding hydrogens is 268 g/mol. The number of anilines is 1. The van der Waals surface area contributed by atoms with Crippen LogP contribution < -0.4 is 15.0 Å². The van der Waals surface area contributed by atoms with Gasteiger partial charge in [-0.05, 0) is 43.9 Å². The quantitative estimate of drug-likeness (QED) is 0.918. The highest BCUT2D eigenvalue weighted by atomic mass is 16.5. The molecule has 5 heteroatoms. The molecule has 2 aliphatic rings. The van der Waals surface area contributed by atoms with E-state index in [4.69, 9.17) is 4.74 Å². The standard InChI is InChI=1S/C16H20N2O3/c1-3-13-16(20)18(9-15(19)17-11-5-6-11)12-8-10(2)4-7-14(12)21-13/h4,7-8,11,13H,3,5-6,9H2,1-2H3,(H,17,19)/t13-/m0/s1. The first kappa shape index (κ1) is 13.9. The number of nitrogens with one attached hydrogen (secondary N) is 1. The molecule has 5 nitrogen and oxygen atoms in total. The highest BCUT2D eigenvalue weighted by Gasteiger charge is 2.35. The summed E-state index contributed by atoms with van der Waals surface area (Å²) < 4.78 is 5.73. The van der Waals surface area contributed by atoms with Gasteiger partial charge in [-0.3, -0.25) is 14.5 Å². The molecule has 1 aromatic rings. The van der Waals surface area contributed by atoms with Gasteiger partial charge in [-0.2, -0.15) is 0 Å². The Morgan fingerprint density at radius 3 is 2.86 bits per heavy atom. The van der Waals surface area contributed by atoms with Crippen molar-refractivity contribution in [1.82, 2.24) is 5.32 Å². The molecule has 21 heavy (non-hydrogen) atoms. The topological polar surface area (TPSA) is 58.6 Å². The highest BCUT2D eigenvalue weighted by molar-refractivity contribution is 6.04. The van der Waals surface area contributed by atoms with Crippen LogP contribution >= 0.6 is 0 Å². The van der Waals surface area contributed by atoms with Crippen molar-refractivity contribution in [3.05, 3.63) is 23.8 Å². The summed E-state index contributed by atoms with van der Waals surface area (Å²) in [6, 6.07) is 6.01. The van der Waals surface area contributed by atoms with Crippen molar-refractivity contribution in [2.24, 2.45) is 0 Å². The average Bonchev–Trinajstić information content (AvgIpc) is 3.26. The van der Waals surface area contributed by atoms with Crippen molar-refractivity contribution in [3.8, 4) is 5.75 Å². The average molecular weight is 288 g/mol. The molecule has 0 aromatic heterocycles. The maximum absolute atomic E-state index is 12.5. The molecule has 1 aliphatic heterocycles. The van der Waals surface area contributed by atoms with Gasteiger partial charge < -0.3 is 10.1 Å². The minimum absolute atomic E-state index is 0.0612. The number of fused-ring (bicyclic) bond motifs is 1. The Hall–Kier alpha value is -2.04. The number of amides is 2. The number of hydrogen-bond donors (Lipinski definition) is 1. The van der Waals surface area contributed by atoms with E-state index in [-0.39, 0.29) is 18.4 Å². The van der Waals surface area contributed by atoms with Crippen LogP contribution in [0.4, 0.5) is 5.69 Å². The first-order valence-corrected chi connectivity index (χ1v) is 7.46. The van der Waals surface area contributed by atoms with E-state index in [9.17, 15) is 9.59 Å². The Morgan fingerprint density at radius 2 is 2.19 bits per heavy atom. The normalized spacial score (nSPS) is 20.8. The molecule has 112 valence electrons. The molecule has 0 bridgehead atoms. The van der Waals surface area contributed by atoms with Crippen LogP contribution in [0.15, 0.2) is 18.2 Å². The molecular formula is C16H20N2O3. The van der Waals surface area contributed by atoms with Crippen molar-refractivity contribution in [2.45, 2.75) is 45.3 Å². The number of hydrogen-bond acceptors (Lipinski definition) is 3. The molecule has 3 rings (SSSR count). The Morgan fingerprint density at radius 1 is 1.43 bits per heavy atom. The van der Waals surface area contributed by atoms with Gasteiger partial charge >= 0.3 is 0 Å². The molecule has 1 fully saturated rings. The monoisotopic (exact) mass is 288 g/mol. The SMILES string of the molecule is CC[C@@H]1Oc2ccc(C)cc2N(CC(=O)NC2CC2)C1=O. The maximum Gasteiger partial charge on any atom is 0.268 e. The van der Waals surface area contributed by atoms with Gasteiger partial charge in [0.2, 0.25) is 5.91 Å². The fourth-order valence-corrected chi connectivity index (χ4v) is 2.50. The van der Waals surface area contributed by atoms with E-state index in [1.54, 1.807) is 4.90 Å². The van der Waals surface area contributed by atoms with E-state index in [0.717, 1.165) is 18.4 Å². The van der Waals surface area contributed by atoms with Gasteiger partial charge in [0.1, 0.15) is 12.3 Å². The second-order valence-electron chi connectivity index (χ2n) is 5.75. The minimum atomic E-state index is -0.506. The molecule has 1 atom stereocenters. The number of carbonyl (C=O) groups is 2. The summed E-state index contributed by atoms with van der Waals surface area (Å²) in [7, 11) is 0. The van der Waals surface area contributed by atoms with E-state index >= 15 is 0 Å². The van der Waals surface area contributed by atoms with Gasteiger partial charge in [0, 0.05) is 6.04 Å². The lowest BCUT2D eigenvalue weighted by Gasteiger charge is -2.33. The maximum atomic E-state index is 12.5. The molecule has 1 N–H and O–H groups in total. The van der Waals surface area contributed by atoms with Crippen LogP contribution in [0, 0.1) is 6.92 Å². The lowest BCUT2D eigenvalue weighted by Crippen LogP contribution is -2.49. The van der Waals surface area contributed by atoms with Crippen LogP contribution in [0.5, 0.6) is 5.75 Å². The first-order chi connectivity index (χ1) is 10.1. The smallest absolute Gasteiger partial charge is 0.268 e. The lowest BCUT2D eigenvalue weighted by atomic mass is 10.1. The Balaban J connectivity index is 1.86. The number of aryl methyl sites for hydroxylation is 1. The van der Waals surface area contributed by atoms with Crippen molar-refractivity contribution in [1.29, 1.82) is 0 Å². The highest BCUT2D eigenvalue weighted by Crippen LogP contribution is 2.35. The zero-order chi connectivity index (χ0) is 15.0. The van der Waals surface area contributed by atoms with Crippen molar-refractivity contribution < 1.29 is 14.3 Å². The predicted octanol–water partition coefficient (Wildman–Crippen LogP) is 1.78. The van der Waals surface area contributed by atoms with Crippen molar-refractivity contribution in [2.75, 3.05) is 11.4 Å². The lowest BCUT2D eigenvalue weighted by molar-refractivity contribution is -0.129.